The molecule has 2 N–H and O–H groups in total. The van der Waals surface area contributed by atoms with Gasteiger partial charge in [-0.2, -0.15) is 0 Å². The Morgan fingerprint density at radius 3 is 2.87 bits per heavy atom. The molecule has 0 saturated carbocycles. The van der Waals surface area contributed by atoms with Crippen LogP contribution < -0.4 is 10.6 Å². The summed E-state index contributed by atoms with van der Waals surface area (Å²) in [6.45, 7) is 7.57. The molecule has 0 spiro atoms. The van der Waals surface area contributed by atoms with Gasteiger partial charge in [-0.05, 0) is 14.0 Å². The van der Waals surface area contributed by atoms with Gasteiger partial charge in [0.05, 0.1) is 0 Å². The minimum absolute atomic E-state index is 0.342. The van der Waals surface area contributed by atoms with Crippen LogP contribution in [0.25, 0.3) is 0 Å². The molecule has 0 bridgehead atoms. The summed E-state index contributed by atoms with van der Waals surface area (Å²) in [6, 6.07) is 0.342. The van der Waals surface area contributed by atoms with Crippen LogP contribution in [0.15, 0.2) is 17.3 Å². The van der Waals surface area contributed by atoms with Crippen LogP contribution >= 0.6 is 0 Å². The zero-order valence-corrected chi connectivity index (χ0v) is 9.74. The summed E-state index contributed by atoms with van der Waals surface area (Å²) in [7, 11) is 1.93. The van der Waals surface area contributed by atoms with Gasteiger partial charge in [-0.15, -0.1) is 0 Å². The van der Waals surface area contributed by atoms with Crippen LogP contribution in [0.2, 0.25) is 0 Å². The second-order valence-electron chi connectivity index (χ2n) is 3.81. The van der Waals surface area contributed by atoms with Crippen molar-refractivity contribution in [2.75, 3.05) is 39.8 Å². The van der Waals surface area contributed by atoms with Gasteiger partial charge in [0.15, 0.2) is 0 Å². The molecule has 4 heteroatoms. The maximum atomic E-state index is 4.22. The number of aliphatic imine (C=N–C) groups is 1. The second kappa shape index (κ2) is 7.56. The molecular weight excluding hydrogens is 188 g/mol. The molecule has 0 amide bonds. The lowest BCUT2D eigenvalue weighted by molar-refractivity contribution is 0.264. The topological polar surface area (TPSA) is 39.7 Å². The summed E-state index contributed by atoms with van der Waals surface area (Å²) in [5.41, 5.74) is 0. The third kappa shape index (κ3) is 5.67. The fourth-order valence-electron chi connectivity index (χ4n) is 1.40. The zero-order chi connectivity index (χ0) is 10.9. The van der Waals surface area contributed by atoms with Crippen molar-refractivity contribution >= 4 is 6.21 Å². The summed E-state index contributed by atoms with van der Waals surface area (Å²) < 4.78 is 0. The monoisotopic (exact) mass is 210 g/mol. The average molecular weight is 210 g/mol. The molecule has 1 saturated heterocycles. The van der Waals surface area contributed by atoms with Gasteiger partial charge in [0.2, 0.25) is 0 Å². The van der Waals surface area contributed by atoms with E-state index < -0.39 is 0 Å². The van der Waals surface area contributed by atoms with E-state index in [-0.39, 0.29) is 0 Å². The van der Waals surface area contributed by atoms with E-state index in [1.54, 1.807) is 0 Å². The Hall–Kier alpha value is -0.710. The van der Waals surface area contributed by atoms with Gasteiger partial charge in [-0.25, -0.2) is 0 Å². The molecule has 1 aliphatic heterocycles. The van der Waals surface area contributed by atoms with Crippen LogP contribution in [-0.2, 0) is 0 Å². The molecule has 1 unspecified atom stereocenters. The minimum atomic E-state index is 0.342. The highest BCUT2D eigenvalue weighted by Gasteiger charge is 2.06. The highest BCUT2D eigenvalue weighted by Crippen LogP contribution is 1.91. The molecule has 1 atom stereocenters. The van der Waals surface area contributed by atoms with Crippen molar-refractivity contribution in [2.45, 2.75) is 13.0 Å². The predicted molar refractivity (Wildman–Crippen MR) is 65.5 cm³/mol. The molecule has 0 aliphatic carbocycles. The quantitative estimate of drug-likeness (QED) is 0.632. The lowest BCUT2D eigenvalue weighted by Gasteiger charge is -2.25. The first kappa shape index (κ1) is 12.4. The van der Waals surface area contributed by atoms with E-state index in [2.05, 4.69) is 33.5 Å². The van der Waals surface area contributed by atoms with Crippen molar-refractivity contribution in [3.05, 3.63) is 12.3 Å². The highest BCUT2D eigenvalue weighted by molar-refractivity contribution is 5.64. The second-order valence-corrected chi connectivity index (χ2v) is 3.81. The van der Waals surface area contributed by atoms with Gasteiger partial charge in [-0.1, -0.05) is 6.08 Å². The average Bonchev–Trinajstić information content (AvgIpc) is 2.29. The lowest BCUT2D eigenvalue weighted by atomic mass is 10.3. The van der Waals surface area contributed by atoms with Crippen molar-refractivity contribution in [1.29, 1.82) is 0 Å². The van der Waals surface area contributed by atoms with Gasteiger partial charge in [0, 0.05) is 51.2 Å². The molecule has 0 aromatic heterocycles. The van der Waals surface area contributed by atoms with Crippen molar-refractivity contribution < 1.29 is 0 Å². The predicted octanol–water partition coefficient (Wildman–Crippen LogP) is 0.0840. The van der Waals surface area contributed by atoms with Gasteiger partial charge in [0.25, 0.3) is 0 Å². The summed E-state index contributed by atoms with van der Waals surface area (Å²) in [4.78, 5) is 6.64. The summed E-state index contributed by atoms with van der Waals surface area (Å²) in [5, 5.41) is 6.44. The van der Waals surface area contributed by atoms with Crippen molar-refractivity contribution in [3.8, 4) is 0 Å². The van der Waals surface area contributed by atoms with Gasteiger partial charge >= 0.3 is 0 Å². The molecule has 1 rings (SSSR count). The zero-order valence-electron chi connectivity index (χ0n) is 9.74. The van der Waals surface area contributed by atoms with Crippen LogP contribution in [0, 0.1) is 0 Å². The first-order valence-corrected chi connectivity index (χ1v) is 5.61. The van der Waals surface area contributed by atoms with E-state index in [0.717, 1.165) is 32.7 Å². The molecule has 4 nitrogen and oxygen atoms in total. The van der Waals surface area contributed by atoms with Crippen LogP contribution in [-0.4, -0.2) is 56.9 Å². The Labute approximate surface area is 92.4 Å². The van der Waals surface area contributed by atoms with Crippen molar-refractivity contribution in [2.24, 2.45) is 4.99 Å². The first-order chi connectivity index (χ1) is 7.33. The number of nitrogens with one attached hydrogen (secondary N) is 2. The molecular formula is C11H22N4. The Bertz CT molecular complexity index is 207. The third-order valence-corrected chi connectivity index (χ3v) is 2.53. The minimum Gasteiger partial charge on any atom is -0.314 e. The van der Waals surface area contributed by atoms with E-state index in [9.17, 15) is 0 Å². The van der Waals surface area contributed by atoms with Crippen LogP contribution in [0.3, 0.4) is 0 Å². The van der Waals surface area contributed by atoms with Crippen molar-refractivity contribution in [3.63, 3.8) is 0 Å². The maximum absolute atomic E-state index is 4.22. The van der Waals surface area contributed by atoms with Crippen molar-refractivity contribution in [1.82, 2.24) is 15.5 Å². The summed E-state index contributed by atoms with van der Waals surface area (Å²) in [6.07, 6.45) is 5.91. The standard InChI is InChI=1S/C11H22N4/c1-11(12-2)10-14-4-3-7-15-8-5-13-6-9-15/h3-4,10-13H,5-9H2,1-2H3/b4-3-,14-10?. The largest absolute Gasteiger partial charge is 0.314 e. The van der Waals surface area contributed by atoms with Gasteiger partial charge < -0.3 is 10.6 Å². The summed E-state index contributed by atoms with van der Waals surface area (Å²) in [5.74, 6) is 0. The molecule has 1 aliphatic rings. The highest BCUT2D eigenvalue weighted by atomic mass is 15.2. The molecule has 0 aromatic rings. The molecule has 15 heavy (non-hydrogen) atoms. The summed E-state index contributed by atoms with van der Waals surface area (Å²) >= 11 is 0. The Morgan fingerprint density at radius 1 is 1.47 bits per heavy atom. The molecule has 86 valence electrons. The number of nitrogens with zero attached hydrogens (tertiary/aromatic N) is 2. The Balaban J connectivity index is 2.12. The van der Waals surface area contributed by atoms with E-state index in [4.69, 9.17) is 0 Å². The van der Waals surface area contributed by atoms with E-state index >= 15 is 0 Å². The number of rotatable bonds is 5. The molecule has 0 radical (unpaired) electrons. The number of hydrogen-bond donors (Lipinski definition) is 2. The van der Waals surface area contributed by atoms with E-state index in [0.29, 0.717) is 6.04 Å². The molecule has 1 fully saturated rings. The first-order valence-electron chi connectivity index (χ1n) is 5.61. The van der Waals surface area contributed by atoms with Crippen LogP contribution in [0.1, 0.15) is 6.92 Å². The number of hydrogen-bond acceptors (Lipinski definition) is 4. The smallest absolute Gasteiger partial charge is 0.0393 e. The Kier molecular flexibility index (Phi) is 6.23. The van der Waals surface area contributed by atoms with Gasteiger partial charge in [-0.3, -0.25) is 9.89 Å². The van der Waals surface area contributed by atoms with Crippen LogP contribution in [0.4, 0.5) is 0 Å². The molecule has 0 aromatic carbocycles. The van der Waals surface area contributed by atoms with E-state index in [1.807, 2.05) is 19.5 Å². The number of piperazine rings is 1. The van der Waals surface area contributed by atoms with Crippen LogP contribution in [0.5, 0.6) is 0 Å². The fraction of sp³-hybridized carbons (Fsp3) is 0.727. The van der Waals surface area contributed by atoms with E-state index in [1.165, 1.54) is 0 Å². The normalized spacial score (nSPS) is 21.5. The maximum Gasteiger partial charge on any atom is 0.0393 e. The Morgan fingerprint density at radius 2 is 2.20 bits per heavy atom. The lowest BCUT2D eigenvalue weighted by Crippen LogP contribution is -2.43. The SMILES string of the molecule is CNC(C)C=N/C=C\CN1CCNCC1. The fourth-order valence-corrected chi connectivity index (χ4v) is 1.40. The van der Waals surface area contributed by atoms with Gasteiger partial charge in [0.1, 0.15) is 0 Å². The third-order valence-electron chi connectivity index (χ3n) is 2.53. The molecule has 1 heterocycles.